The van der Waals surface area contributed by atoms with Gasteiger partial charge in [-0.15, -0.1) is 0 Å². The van der Waals surface area contributed by atoms with Crippen molar-refractivity contribution in [3.8, 4) is 11.5 Å². The van der Waals surface area contributed by atoms with E-state index in [0.717, 1.165) is 12.0 Å². The molecular formula is C21H27NO3. The van der Waals surface area contributed by atoms with Gasteiger partial charge in [0.2, 0.25) is 0 Å². The van der Waals surface area contributed by atoms with Crippen LogP contribution in [0.2, 0.25) is 0 Å². The number of benzene rings is 2. The molecule has 0 aromatic heterocycles. The third-order valence-corrected chi connectivity index (χ3v) is 4.23. The first-order valence-corrected chi connectivity index (χ1v) is 8.77. The van der Waals surface area contributed by atoms with Crippen molar-refractivity contribution in [2.75, 3.05) is 7.11 Å². The van der Waals surface area contributed by atoms with Gasteiger partial charge in [0.1, 0.15) is 11.5 Å². The molecular weight excluding hydrogens is 314 g/mol. The topological polar surface area (TPSA) is 47.6 Å². The summed E-state index contributed by atoms with van der Waals surface area (Å²) < 4.78 is 11.0. The zero-order valence-electron chi connectivity index (χ0n) is 15.4. The third-order valence-electron chi connectivity index (χ3n) is 4.23. The van der Waals surface area contributed by atoms with E-state index in [4.69, 9.17) is 9.47 Å². The Morgan fingerprint density at radius 1 is 1.08 bits per heavy atom. The van der Waals surface area contributed by atoms with Gasteiger partial charge < -0.3 is 14.8 Å². The van der Waals surface area contributed by atoms with Crippen molar-refractivity contribution >= 4 is 5.91 Å². The number of carbonyl (C=O) groups excluding carboxylic acids is 1. The van der Waals surface area contributed by atoms with E-state index in [-0.39, 0.29) is 11.9 Å². The Labute approximate surface area is 150 Å². The molecule has 2 aromatic carbocycles. The number of aryl methyl sites for hydroxylation is 1. The largest absolute Gasteiger partial charge is 0.497 e. The normalized spacial score (nSPS) is 13.0. The van der Waals surface area contributed by atoms with E-state index in [0.29, 0.717) is 17.9 Å². The van der Waals surface area contributed by atoms with Gasteiger partial charge >= 0.3 is 0 Å². The summed E-state index contributed by atoms with van der Waals surface area (Å²) in [6.45, 7) is 6.05. The zero-order chi connectivity index (χ0) is 18.2. The first-order chi connectivity index (χ1) is 12.1. The molecule has 0 aliphatic carbocycles. The molecule has 2 atom stereocenters. The Kier molecular flexibility index (Phi) is 6.87. The maximum absolute atomic E-state index is 12.6. The van der Waals surface area contributed by atoms with Gasteiger partial charge in [0.15, 0.2) is 6.10 Å². The van der Waals surface area contributed by atoms with Crippen LogP contribution in [0, 0.1) is 0 Å². The van der Waals surface area contributed by atoms with Crippen LogP contribution in [0.4, 0.5) is 0 Å². The highest BCUT2D eigenvalue weighted by atomic mass is 16.5. The number of methoxy groups -OCH3 is 1. The number of hydrogen-bond acceptors (Lipinski definition) is 3. The standard InChI is InChI=1S/C21H27NO3/c1-5-16-10-12-17(13-11-16)15(3)22-21(23)20(6-2)25-19-9-7-8-18(14-19)24-4/h7-15,20H,5-6H2,1-4H3,(H,22,23). The van der Waals surface area contributed by atoms with E-state index in [9.17, 15) is 4.79 Å². The van der Waals surface area contributed by atoms with Gasteiger partial charge in [0.05, 0.1) is 13.2 Å². The van der Waals surface area contributed by atoms with Crippen LogP contribution >= 0.6 is 0 Å². The van der Waals surface area contributed by atoms with E-state index < -0.39 is 6.10 Å². The van der Waals surface area contributed by atoms with Gasteiger partial charge in [-0.25, -0.2) is 0 Å². The van der Waals surface area contributed by atoms with Crippen molar-refractivity contribution in [1.29, 1.82) is 0 Å². The summed E-state index contributed by atoms with van der Waals surface area (Å²) in [7, 11) is 1.61. The van der Waals surface area contributed by atoms with Crippen LogP contribution in [-0.4, -0.2) is 19.1 Å². The molecule has 0 bridgehead atoms. The molecule has 2 rings (SSSR count). The average Bonchev–Trinajstić information content (AvgIpc) is 2.66. The fourth-order valence-electron chi connectivity index (χ4n) is 2.59. The van der Waals surface area contributed by atoms with Crippen LogP contribution in [0.5, 0.6) is 11.5 Å². The van der Waals surface area contributed by atoms with Gasteiger partial charge in [-0.1, -0.05) is 44.2 Å². The Hall–Kier alpha value is -2.49. The Bertz CT molecular complexity index is 682. The molecule has 0 aliphatic rings. The first-order valence-electron chi connectivity index (χ1n) is 8.77. The average molecular weight is 341 g/mol. The second kappa shape index (κ2) is 9.11. The number of hydrogen-bond donors (Lipinski definition) is 1. The van der Waals surface area contributed by atoms with Crippen LogP contribution in [0.15, 0.2) is 48.5 Å². The van der Waals surface area contributed by atoms with E-state index in [1.54, 1.807) is 13.2 Å². The molecule has 0 saturated heterocycles. The van der Waals surface area contributed by atoms with Crippen LogP contribution in [0.3, 0.4) is 0 Å². The molecule has 134 valence electrons. The predicted octanol–water partition coefficient (Wildman–Crippen LogP) is 4.29. The molecule has 2 aromatic rings. The van der Waals surface area contributed by atoms with Gasteiger partial charge in [0.25, 0.3) is 5.91 Å². The molecule has 1 N–H and O–H groups in total. The van der Waals surface area contributed by atoms with Gasteiger partial charge in [0, 0.05) is 6.07 Å². The number of nitrogens with one attached hydrogen (secondary N) is 1. The fourth-order valence-corrected chi connectivity index (χ4v) is 2.59. The summed E-state index contributed by atoms with van der Waals surface area (Å²) in [5.41, 5.74) is 2.37. The molecule has 0 heterocycles. The highest BCUT2D eigenvalue weighted by Gasteiger charge is 2.20. The van der Waals surface area contributed by atoms with Gasteiger partial charge in [-0.2, -0.15) is 0 Å². The SMILES string of the molecule is CCc1ccc(C(C)NC(=O)C(CC)Oc2cccc(OC)c2)cc1. The monoisotopic (exact) mass is 341 g/mol. The van der Waals surface area contributed by atoms with Crippen molar-refractivity contribution < 1.29 is 14.3 Å². The zero-order valence-corrected chi connectivity index (χ0v) is 15.4. The van der Waals surface area contributed by atoms with Crippen molar-refractivity contribution in [2.45, 2.75) is 45.8 Å². The summed E-state index contributed by atoms with van der Waals surface area (Å²) in [5.74, 6) is 1.22. The van der Waals surface area contributed by atoms with Crippen LogP contribution in [-0.2, 0) is 11.2 Å². The lowest BCUT2D eigenvalue weighted by molar-refractivity contribution is -0.128. The second-order valence-corrected chi connectivity index (χ2v) is 6.02. The van der Waals surface area contributed by atoms with E-state index in [1.807, 2.05) is 32.0 Å². The molecule has 1 amide bonds. The van der Waals surface area contributed by atoms with Gasteiger partial charge in [-0.05, 0) is 43.0 Å². The predicted molar refractivity (Wildman–Crippen MR) is 100 cm³/mol. The smallest absolute Gasteiger partial charge is 0.261 e. The highest BCUT2D eigenvalue weighted by molar-refractivity contribution is 5.81. The van der Waals surface area contributed by atoms with Crippen molar-refractivity contribution in [2.24, 2.45) is 0 Å². The summed E-state index contributed by atoms with van der Waals surface area (Å²) in [4.78, 5) is 12.6. The van der Waals surface area contributed by atoms with Gasteiger partial charge in [-0.3, -0.25) is 4.79 Å². The Balaban J connectivity index is 2.00. The number of rotatable bonds is 8. The van der Waals surface area contributed by atoms with E-state index >= 15 is 0 Å². The van der Waals surface area contributed by atoms with Crippen LogP contribution in [0.25, 0.3) is 0 Å². The van der Waals surface area contributed by atoms with E-state index in [2.05, 4.69) is 36.5 Å². The highest BCUT2D eigenvalue weighted by Crippen LogP contribution is 2.21. The molecule has 0 spiro atoms. The quantitative estimate of drug-likeness (QED) is 0.779. The molecule has 4 heteroatoms. The molecule has 0 radical (unpaired) electrons. The maximum Gasteiger partial charge on any atom is 0.261 e. The second-order valence-electron chi connectivity index (χ2n) is 6.02. The van der Waals surface area contributed by atoms with Crippen molar-refractivity contribution in [3.05, 3.63) is 59.7 Å². The minimum absolute atomic E-state index is 0.0682. The molecule has 4 nitrogen and oxygen atoms in total. The molecule has 2 unspecified atom stereocenters. The number of carbonyl (C=O) groups is 1. The summed E-state index contributed by atoms with van der Waals surface area (Å²) in [6, 6.07) is 15.5. The fraction of sp³-hybridized carbons (Fsp3) is 0.381. The number of ether oxygens (including phenoxy) is 2. The maximum atomic E-state index is 12.6. The van der Waals surface area contributed by atoms with Crippen LogP contribution in [0.1, 0.15) is 44.4 Å². The Morgan fingerprint density at radius 3 is 2.36 bits per heavy atom. The van der Waals surface area contributed by atoms with Crippen molar-refractivity contribution in [3.63, 3.8) is 0 Å². The number of amides is 1. The summed E-state index contributed by atoms with van der Waals surface area (Å²) in [6.07, 6.45) is 1.06. The lowest BCUT2D eigenvalue weighted by atomic mass is 10.0. The Morgan fingerprint density at radius 2 is 1.76 bits per heavy atom. The van der Waals surface area contributed by atoms with Crippen molar-refractivity contribution in [1.82, 2.24) is 5.32 Å². The molecule has 0 aliphatic heterocycles. The van der Waals surface area contributed by atoms with Crippen LogP contribution < -0.4 is 14.8 Å². The molecule has 0 saturated carbocycles. The molecule has 0 fully saturated rings. The van der Waals surface area contributed by atoms with E-state index in [1.165, 1.54) is 5.56 Å². The minimum atomic E-state index is -0.538. The first kappa shape index (κ1) is 18.8. The third kappa shape index (κ3) is 5.24. The minimum Gasteiger partial charge on any atom is -0.497 e. The lowest BCUT2D eigenvalue weighted by Gasteiger charge is -2.21. The molecule has 25 heavy (non-hydrogen) atoms. The lowest BCUT2D eigenvalue weighted by Crippen LogP contribution is -2.39. The summed E-state index contributed by atoms with van der Waals surface area (Å²) >= 11 is 0. The summed E-state index contributed by atoms with van der Waals surface area (Å²) in [5, 5.41) is 3.04.